The number of fused-ring (bicyclic) bond motifs is 1. The molecule has 0 N–H and O–H groups in total. The van der Waals surface area contributed by atoms with Crippen molar-refractivity contribution in [2.75, 3.05) is 0 Å². The molecule has 0 amide bonds. The molecule has 1 aliphatic rings. The molecule has 1 atom stereocenters. The number of halogens is 2. The topological polar surface area (TPSA) is 50.1 Å². The SMILES string of the molecule is N#CC1Cc2cc(F)c(F)cc2C(=O)O1. The van der Waals surface area contributed by atoms with Gasteiger partial charge in [0.25, 0.3) is 0 Å². The van der Waals surface area contributed by atoms with Gasteiger partial charge in [-0.25, -0.2) is 13.6 Å². The maximum Gasteiger partial charge on any atom is 0.339 e. The quantitative estimate of drug-likeness (QED) is 0.609. The van der Waals surface area contributed by atoms with Crippen molar-refractivity contribution in [1.29, 1.82) is 5.26 Å². The summed E-state index contributed by atoms with van der Waals surface area (Å²) in [6.45, 7) is 0. The first kappa shape index (κ1) is 9.59. The van der Waals surface area contributed by atoms with Crippen LogP contribution in [0.15, 0.2) is 12.1 Å². The molecule has 1 unspecified atom stereocenters. The molecule has 0 bridgehead atoms. The third-order valence-corrected chi connectivity index (χ3v) is 2.16. The largest absolute Gasteiger partial charge is 0.443 e. The molecule has 1 heterocycles. The monoisotopic (exact) mass is 209 g/mol. The third kappa shape index (κ3) is 1.54. The number of hydrogen-bond acceptors (Lipinski definition) is 3. The van der Waals surface area contributed by atoms with Crippen LogP contribution in [-0.2, 0) is 11.2 Å². The Hall–Kier alpha value is -1.96. The second-order valence-corrected chi connectivity index (χ2v) is 3.15. The molecule has 0 saturated heterocycles. The van der Waals surface area contributed by atoms with Crippen LogP contribution in [0, 0.1) is 23.0 Å². The first-order chi connectivity index (χ1) is 7.11. The van der Waals surface area contributed by atoms with Gasteiger partial charge in [-0.2, -0.15) is 5.26 Å². The minimum absolute atomic E-state index is 0.0135. The number of esters is 1. The third-order valence-electron chi connectivity index (χ3n) is 2.16. The van der Waals surface area contributed by atoms with E-state index in [9.17, 15) is 13.6 Å². The van der Waals surface area contributed by atoms with Crippen LogP contribution in [0.1, 0.15) is 15.9 Å². The molecule has 2 rings (SSSR count). The summed E-state index contributed by atoms with van der Waals surface area (Å²) in [5.74, 6) is -2.91. The lowest BCUT2D eigenvalue weighted by Crippen LogP contribution is -2.26. The Kier molecular flexibility index (Phi) is 2.12. The summed E-state index contributed by atoms with van der Waals surface area (Å²) >= 11 is 0. The molecule has 1 aromatic carbocycles. The number of nitriles is 1. The van der Waals surface area contributed by atoms with Crippen LogP contribution in [0.3, 0.4) is 0 Å². The van der Waals surface area contributed by atoms with Gasteiger partial charge in [0, 0.05) is 6.42 Å². The van der Waals surface area contributed by atoms with Crippen molar-refractivity contribution in [2.24, 2.45) is 0 Å². The number of nitrogens with zero attached hydrogens (tertiary/aromatic N) is 1. The number of carbonyl (C=O) groups is 1. The smallest absolute Gasteiger partial charge is 0.339 e. The van der Waals surface area contributed by atoms with Crippen LogP contribution in [0.2, 0.25) is 0 Å². The predicted octanol–water partition coefficient (Wildman–Crippen LogP) is 1.57. The minimum Gasteiger partial charge on any atom is -0.443 e. The fourth-order valence-electron chi connectivity index (χ4n) is 1.45. The van der Waals surface area contributed by atoms with Gasteiger partial charge in [-0.15, -0.1) is 0 Å². The maximum atomic E-state index is 12.9. The Bertz CT molecular complexity index is 479. The van der Waals surface area contributed by atoms with Crippen molar-refractivity contribution in [3.8, 4) is 6.07 Å². The highest BCUT2D eigenvalue weighted by atomic mass is 19.2. The lowest BCUT2D eigenvalue weighted by atomic mass is 9.99. The number of hydrogen-bond donors (Lipinski definition) is 0. The van der Waals surface area contributed by atoms with Gasteiger partial charge in [-0.3, -0.25) is 0 Å². The number of carbonyl (C=O) groups excluding carboxylic acids is 1. The van der Waals surface area contributed by atoms with Gasteiger partial charge >= 0.3 is 5.97 Å². The van der Waals surface area contributed by atoms with Gasteiger partial charge in [0.05, 0.1) is 5.56 Å². The van der Waals surface area contributed by atoms with Crippen LogP contribution < -0.4 is 0 Å². The predicted molar refractivity (Wildman–Crippen MR) is 44.9 cm³/mol. The van der Waals surface area contributed by atoms with E-state index in [0.717, 1.165) is 12.1 Å². The summed E-state index contributed by atoms with van der Waals surface area (Å²) in [6.07, 6.45) is -0.829. The summed E-state index contributed by atoms with van der Waals surface area (Å²) in [4.78, 5) is 11.3. The van der Waals surface area contributed by atoms with Gasteiger partial charge in [0.15, 0.2) is 17.7 Å². The molecule has 0 fully saturated rings. The Morgan fingerprint density at radius 1 is 1.40 bits per heavy atom. The van der Waals surface area contributed by atoms with E-state index in [4.69, 9.17) is 5.26 Å². The summed E-state index contributed by atoms with van der Waals surface area (Å²) in [5, 5.41) is 8.56. The Morgan fingerprint density at radius 3 is 2.73 bits per heavy atom. The Labute approximate surface area is 83.9 Å². The summed E-state index contributed by atoms with van der Waals surface area (Å²) < 4.78 is 30.3. The van der Waals surface area contributed by atoms with Crippen LogP contribution in [0.4, 0.5) is 8.78 Å². The zero-order valence-electron chi connectivity index (χ0n) is 7.46. The van der Waals surface area contributed by atoms with E-state index in [1.54, 1.807) is 6.07 Å². The van der Waals surface area contributed by atoms with Gasteiger partial charge in [-0.05, 0) is 17.7 Å². The first-order valence-corrected chi connectivity index (χ1v) is 4.20. The van der Waals surface area contributed by atoms with Crippen LogP contribution in [0.5, 0.6) is 0 Å². The number of cyclic esters (lactones) is 1. The second kappa shape index (κ2) is 3.31. The molecule has 5 heteroatoms. The van der Waals surface area contributed by atoms with Crippen molar-refractivity contribution in [3.05, 3.63) is 34.9 Å². The first-order valence-electron chi connectivity index (χ1n) is 4.20. The summed E-state index contributed by atoms with van der Waals surface area (Å²) in [5.41, 5.74) is 0.289. The molecule has 0 spiro atoms. The van der Waals surface area contributed by atoms with Crippen LogP contribution in [0.25, 0.3) is 0 Å². The summed E-state index contributed by atoms with van der Waals surface area (Å²) in [6, 6.07) is 3.47. The number of benzene rings is 1. The van der Waals surface area contributed by atoms with E-state index >= 15 is 0 Å². The molecule has 3 nitrogen and oxygen atoms in total. The molecule has 0 saturated carbocycles. The normalized spacial score (nSPS) is 19.0. The van der Waals surface area contributed by atoms with Gasteiger partial charge in [-0.1, -0.05) is 0 Å². The van der Waals surface area contributed by atoms with Gasteiger partial charge in [0.2, 0.25) is 0 Å². The molecular formula is C10H5F2NO2. The molecule has 0 aliphatic carbocycles. The van der Waals surface area contributed by atoms with E-state index in [1.807, 2.05) is 0 Å². The zero-order chi connectivity index (χ0) is 11.0. The minimum atomic E-state index is -1.10. The second-order valence-electron chi connectivity index (χ2n) is 3.15. The average molecular weight is 209 g/mol. The molecular weight excluding hydrogens is 204 g/mol. The van der Waals surface area contributed by atoms with E-state index in [-0.39, 0.29) is 12.0 Å². The Morgan fingerprint density at radius 2 is 2.07 bits per heavy atom. The average Bonchev–Trinajstić information content (AvgIpc) is 2.21. The van der Waals surface area contributed by atoms with E-state index in [0.29, 0.717) is 5.56 Å². The highest BCUT2D eigenvalue weighted by Crippen LogP contribution is 2.23. The van der Waals surface area contributed by atoms with Crippen molar-refractivity contribution >= 4 is 5.97 Å². The van der Waals surface area contributed by atoms with Gasteiger partial charge < -0.3 is 4.74 Å². The van der Waals surface area contributed by atoms with Crippen LogP contribution >= 0.6 is 0 Å². The molecule has 1 aliphatic heterocycles. The highest BCUT2D eigenvalue weighted by Gasteiger charge is 2.27. The fourth-order valence-corrected chi connectivity index (χ4v) is 1.45. The number of ether oxygens (including phenoxy) is 1. The zero-order valence-corrected chi connectivity index (χ0v) is 7.46. The number of rotatable bonds is 0. The highest BCUT2D eigenvalue weighted by molar-refractivity contribution is 5.92. The molecule has 15 heavy (non-hydrogen) atoms. The van der Waals surface area contributed by atoms with Crippen molar-refractivity contribution in [3.63, 3.8) is 0 Å². The maximum absolute atomic E-state index is 12.9. The van der Waals surface area contributed by atoms with Crippen molar-refractivity contribution in [2.45, 2.75) is 12.5 Å². The van der Waals surface area contributed by atoms with E-state index in [2.05, 4.69) is 4.74 Å². The lowest BCUT2D eigenvalue weighted by Gasteiger charge is -2.19. The molecule has 0 radical (unpaired) electrons. The van der Waals surface area contributed by atoms with Gasteiger partial charge in [0.1, 0.15) is 6.07 Å². The standard InChI is InChI=1S/C10H5F2NO2/c11-8-2-5-1-6(4-13)15-10(14)7(5)3-9(8)12/h2-3,6H,1H2. The van der Waals surface area contributed by atoms with Crippen molar-refractivity contribution in [1.82, 2.24) is 0 Å². The molecule has 0 aromatic heterocycles. The molecule has 76 valence electrons. The summed E-state index contributed by atoms with van der Waals surface area (Å²) in [7, 11) is 0. The fraction of sp³-hybridized carbons (Fsp3) is 0.200. The molecule has 1 aromatic rings. The van der Waals surface area contributed by atoms with Crippen LogP contribution in [-0.4, -0.2) is 12.1 Å². The Balaban J connectivity index is 2.52. The van der Waals surface area contributed by atoms with E-state index in [1.165, 1.54) is 0 Å². The lowest BCUT2D eigenvalue weighted by molar-refractivity contribution is 0.0369. The van der Waals surface area contributed by atoms with Crippen molar-refractivity contribution < 1.29 is 18.3 Å². The van der Waals surface area contributed by atoms with E-state index < -0.39 is 23.7 Å².